The average Bonchev–Trinajstić information content (AvgIpc) is 2.70. The van der Waals surface area contributed by atoms with Crippen molar-refractivity contribution in [3.8, 4) is 0 Å². The maximum absolute atomic E-state index is 13.7. The molecule has 1 heterocycles. The molecule has 3 unspecified atom stereocenters. The number of halogens is 1. The van der Waals surface area contributed by atoms with Gasteiger partial charge in [-0.25, -0.2) is 8.57 Å². The Bertz CT molecular complexity index is 550. The van der Waals surface area contributed by atoms with Crippen molar-refractivity contribution in [3.63, 3.8) is 0 Å². The molecule has 1 saturated heterocycles. The van der Waals surface area contributed by atoms with Gasteiger partial charge in [0.25, 0.3) is 0 Å². The zero-order chi connectivity index (χ0) is 14.0. The second-order valence-electron chi connectivity index (χ2n) is 3.90. The first-order chi connectivity index (χ1) is 8.93. The fourth-order valence-corrected chi connectivity index (χ4v) is 2.23. The molecule has 0 bridgehead atoms. The summed E-state index contributed by atoms with van der Waals surface area (Å²) in [5.41, 5.74) is 0.183. The monoisotopic (exact) mass is 291 g/mol. The van der Waals surface area contributed by atoms with Gasteiger partial charge in [0, 0.05) is 12.6 Å². The normalized spacial score (nSPS) is 27.6. The lowest BCUT2D eigenvalue weighted by molar-refractivity contribution is -0.0908. The maximum atomic E-state index is 13.7. The Morgan fingerprint density at radius 1 is 1.32 bits per heavy atom. The molecule has 1 aromatic carbocycles. The molecule has 106 valence electrons. The van der Waals surface area contributed by atoms with E-state index < -0.39 is 34.8 Å². The van der Waals surface area contributed by atoms with Crippen LogP contribution in [0.4, 0.5) is 4.39 Å². The van der Waals surface area contributed by atoms with Crippen LogP contribution in [0.5, 0.6) is 0 Å². The van der Waals surface area contributed by atoms with Crippen LogP contribution in [-0.4, -0.2) is 28.0 Å². The van der Waals surface area contributed by atoms with E-state index in [1.807, 2.05) is 4.72 Å². The number of ether oxygens (including phenoxy) is 2. The number of hydrogen-bond acceptors (Lipinski definition) is 5. The van der Waals surface area contributed by atoms with E-state index in [-0.39, 0.29) is 5.56 Å². The minimum absolute atomic E-state index is 0.183. The summed E-state index contributed by atoms with van der Waals surface area (Å²) >= 11 is 0. The molecule has 0 aliphatic carbocycles. The molecule has 1 aliphatic heterocycles. The van der Waals surface area contributed by atoms with Gasteiger partial charge in [-0.3, -0.25) is 0 Å². The standard InChI is InChI=1S/C11H14FNO5S/c1-7-16-10(8-5-3-4-6-9(8)12)11(17-7)18-19(14,15)13-2/h3-7,10-11,13H,1-2H3. The van der Waals surface area contributed by atoms with Crippen molar-refractivity contribution in [2.45, 2.75) is 25.6 Å². The average molecular weight is 291 g/mol. The summed E-state index contributed by atoms with van der Waals surface area (Å²) in [6.45, 7) is 1.57. The zero-order valence-corrected chi connectivity index (χ0v) is 11.2. The Balaban J connectivity index is 2.26. The van der Waals surface area contributed by atoms with Crippen molar-refractivity contribution in [3.05, 3.63) is 35.6 Å². The van der Waals surface area contributed by atoms with Crippen molar-refractivity contribution in [2.24, 2.45) is 0 Å². The summed E-state index contributed by atoms with van der Waals surface area (Å²) in [4.78, 5) is 0. The second kappa shape index (κ2) is 5.51. The number of nitrogens with one attached hydrogen (secondary N) is 1. The molecule has 1 N–H and O–H groups in total. The second-order valence-corrected chi connectivity index (χ2v) is 5.41. The lowest BCUT2D eigenvalue weighted by Crippen LogP contribution is -2.30. The van der Waals surface area contributed by atoms with Gasteiger partial charge in [0.1, 0.15) is 11.9 Å². The molecule has 1 aliphatic rings. The molecule has 3 atom stereocenters. The van der Waals surface area contributed by atoms with Crippen LogP contribution in [0.2, 0.25) is 0 Å². The first-order valence-corrected chi connectivity index (χ1v) is 7.01. The highest BCUT2D eigenvalue weighted by Crippen LogP contribution is 2.34. The summed E-state index contributed by atoms with van der Waals surface area (Å²) < 4.78 is 53.7. The first-order valence-electron chi connectivity index (χ1n) is 5.60. The van der Waals surface area contributed by atoms with Crippen molar-refractivity contribution < 1.29 is 26.5 Å². The molecule has 2 rings (SSSR count). The van der Waals surface area contributed by atoms with Gasteiger partial charge in [-0.05, 0) is 13.0 Å². The Morgan fingerprint density at radius 2 is 2.00 bits per heavy atom. The summed E-state index contributed by atoms with van der Waals surface area (Å²) in [7, 11) is -2.76. The van der Waals surface area contributed by atoms with Gasteiger partial charge in [-0.1, -0.05) is 18.2 Å². The lowest BCUT2D eigenvalue weighted by atomic mass is 10.1. The largest absolute Gasteiger partial charge is 0.339 e. The third-order valence-electron chi connectivity index (χ3n) is 2.59. The zero-order valence-electron chi connectivity index (χ0n) is 10.4. The first kappa shape index (κ1) is 14.4. The van der Waals surface area contributed by atoms with Crippen LogP contribution < -0.4 is 4.72 Å². The van der Waals surface area contributed by atoms with Gasteiger partial charge in [-0.15, -0.1) is 0 Å². The summed E-state index contributed by atoms with van der Waals surface area (Å²) in [5, 5.41) is 0. The highest BCUT2D eigenvalue weighted by molar-refractivity contribution is 7.84. The van der Waals surface area contributed by atoms with Crippen LogP contribution in [0.1, 0.15) is 18.6 Å². The van der Waals surface area contributed by atoms with E-state index >= 15 is 0 Å². The summed E-state index contributed by atoms with van der Waals surface area (Å²) in [6.07, 6.45) is -2.87. The van der Waals surface area contributed by atoms with Gasteiger partial charge in [0.05, 0.1) is 0 Å². The van der Waals surface area contributed by atoms with E-state index in [2.05, 4.69) is 0 Å². The minimum Gasteiger partial charge on any atom is -0.339 e. The molecule has 0 amide bonds. The van der Waals surface area contributed by atoms with Crippen molar-refractivity contribution >= 4 is 10.3 Å². The van der Waals surface area contributed by atoms with Crippen molar-refractivity contribution in [2.75, 3.05) is 7.05 Å². The minimum atomic E-state index is -3.96. The van der Waals surface area contributed by atoms with Crippen molar-refractivity contribution in [1.29, 1.82) is 0 Å². The lowest BCUT2D eigenvalue weighted by Gasteiger charge is -2.17. The predicted molar refractivity (Wildman–Crippen MR) is 63.6 cm³/mol. The van der Waals surface area contributed by atoms with Crippen LogP contribution in [0.15, 0.2) is 24.3 Å². The van der Waals surface area contributed by atoms with Crippen LogP contribution in [0, 0.1) is 5.82 Å². The maximum Gasteiger partial charge on any atom is 0.338 e. The highest BCUT2D eigenvalue weighted by atomic mass is 32.2. The van der Waals surface area contributed by atoms with E-state index in [1.54, 1.807) is 13.0 Å². The molecule has 1 aromatic rings. The Labute approximate surface area is 110 Å². The van der Waals surface area contributed by atoms with E-state index in [1.165, 1.54) is 25.2 Å². The Kier molecular flexibility index (Phi) is 4.16. The van der Waals surface area contributed by atoms with Gasteiger partial charge in [0.2, 0.25) is 6.29 Å². The molecular formula is C11H14FNO5S. The highest BCUT2D eigenvalue weighted by Gasteiger charge is 2.40. The summed E-state index contributed by atoms with van der Waals surface area (Å²) in [5.74, 6) is -0.513. The molecule has 1 fully saturated rings. The quantitative estimate of drug-likeness (QED) is 0.898. The SMILES string of the molecule is CNS(=O)(=O)OC1OC(C)OC1c1ccccc1F. The molecule has 0 spiro atoms. The fourth-order valence-electron chi connectivity index (χ4n) is 1.73. The van der Waals surface area contributed by atoms with Gasteiger partial charge in [-0.2, -0.15) is 13.1 Å². The number of benzene rings is 1. The number of rotatable bonds is 4. The number of hydrogen-bond donors (Lipinski definition) is 1. The molecule has 0 saturated carbocycles. The van der Waals surface area contributed by atoms with E-state index in [4.69, 9.17) is 13.7 Å². The van der Waals surface area contributed by atoms with E-state index in [9.17, 15) is 12.8 Å². The topological polar surface area (TPSA) is 73.9 Å². The van der Waals surface area contributed by atoms with Crippen LogP contribution >= 0.6 is 0 Å². The fraction of sp³-hybridized carbons (Fsp3) is 0.455. The molecule has 0 aromatic heterocycles. The van der Waals surface area contributed by atoms with Crippen molar-refractivity contribution in [1.82, 2.24) is 4.72 Å². The Hall–Kier alpha value is -1.06. The molecule has 0 radical (unpaired) electrons. The van der Waals surface area contributed by atoms with E-state index in [0.29, 0.717) is 0 Å². The Morgan fingerprint density at radius 3 is 2.63 bits per heavy atom. The van der Waals surface area contributed by atoms with Gasteiger partial charge >= 0.3 is 10.3 Å². The molecule has 8 heteroatoms. The summed E-state index contributed by atoms with van der Waals surface area (Å²) in [6, 6.07) is 5.89. The van der Waals surface area contributed by atoms with Crippen LogP contribution in [0.25, 0.3) is 0 Å². The van der Waals surface area contributed by atoms with Gasteiger partial charge < -0.3 is 9.47 Å². The molecular weight excluding hydrogens is 277 g/mol. The smallest absolute Gasteiger partial charge is 0.338 e. The third kappa shape index (κ3) is 3.28. The predicted octanol–water partition coefficient (Wildman–Crippen LogP) is 1.07. The third-order valence-corrected chi connectivity index (χ3v) is 3.54. The van der Waals surface area contributed by atoms with Crippen LogP contribution in [0.3, 0.4) is 0 Å². The van der Waals surface area contributed by atoms with Gasteiger partial charge in [0.15, 0.2) is 6.29 Å². The molecule has 19 heavy (non-hydrogen) atoms. The van der Waals surface area contributed by atoms with E-state index in [0.717, 1.165) is 0 Å². The van der Waals surface area contributed by atoms with Crippen LogP contribution in [-0.2, 0) is 24.0 Å². The molecule has 6 nitrogen and oxygen atoms in total.